The van der Waals surface area contributed by atoms with Crippen molar-refractivity contribution >= 4 is 63.5 Å². The first-order chi connectivity index (χ1) is 34.7. The van der Waals surface area contributed by atoms with Crippen molar-refractivity contribution in [2.45, 2.75) is 89.6 Å². The number of amides is 2. The Morgan fingerprint density at radius 1 is 0.764 bits per heavy atom. The number of ether oxygens (including phenoxy) is 5. The van der Waals surface area contributed by atoms with Crippen LogP contribution in [0.5, 0.6) is 0 Å². The van der Waals surface area contributed by atoms with Gasteiger partial charge in [-0.05, 0) is 52.0 Å². The van der Waals surface area contributed by atoms with E-state index in [2.05, 4.69) is 49.5 Å². The molecule has 72 heavy (non-hydrogen) atoms. The van der Waals surface area contributed by atoms with Gasteiger partial charge < -0.3 is 39.2 Å². The van der Waals surface area contributed by atoms with E-state index in [4.69, 9.17) is 43.8 Å². The summed E-state index contributed by atoms with van der Waals surface area (Å²) >= 11 is 0. The Bertz CT molecular complexity index is 3030. The second-order valence-electron chi connectivity index (χ2n) is 17.1. The average molecular weight is 1030 g/mol. The molecule has 0 spiro atoms. The van der Waals surface area contributed by atoms with E-state index in [1.165, 1.54) is 32.4 Å². The molecule has 7 atom stereocenters. The first kappa shape index (κ1) is 52.2. The van der Waals surface area contributed by atoms with Crippen molar-refractivity contribution in [2.24, 2.45) is 4.15 Å². The molecular formula is C46H55N12O12PS. The Morgan fingerprint density at radius 2 is 1.31 bits per heavy atom. The number of methoxy groups -OCH3 is 1. The highest BCUT2D eigenvalue weighted by Gasteiger charge is 2.46. The van der Waals surface area contributed by atoms with Crippen LogP contribution in [-0.4, -0.2) is 142 Å². The first-order valence-electron chi connectivity index (χ1n) is 23.1. The summed E-state index contributed by atoms with van der Waals surface area (Å²) in [6, 6.07) is 17.3. The lowest BCUT2D eigenvalue weighted by atomic mass is 10.2. The van der Waals surface area contributed by atoms with Crippen LogP contribution in [-0.2, 0) is 47.3 Å². The number of sulfonamides is 1. The second kappa shape index (κ2) is 23.6. The largest absolute Gasteiger partial charge is 0.384 e. The lowest BCUT2D eigenvalue weighted by Crippen LogP contribution is -2.33. The molecule has 5 unspecified atom stereocenters. The fourth-order valence-electron chi connectivity index (χ4n) is 7.87. The molecule has 2 aliphatic rings. The molecule has 0 aliphatic carbocycles. The highest BCUT2D eigenvalue weighted by molar-refractivity contribution is 7.93. The molecule has 6 aromatic rings. The Hall–Kier alpha value is -6.17. The minimum Gasteiger partial charge on any atom is -0.384 e. The average Bonchev–Trinajstić information content (AvgIpc) is 4.18. The summed E-state index contributed by atoms with van der Waals surface area (Å²) in [6.07, 6.45) is 0.513. The predicted molar refractivity (Wildman–Crippen MR) is 261 cm³/mol. The smallest absolute Gasteiger partial charge is 0.371 e. The third-order valence-corrected chi connectivity index (χ3v) is 15.2. The molecule has 2 aliphatic heterocycles. The number of anilines is 2. The van der Waals surface area contributed by atoms with Crippen LogP contribution in [0.1, 0.15) is 73.7 Å². The van der Waals surface area contributed by atoms with Crippen molar-refractivity contribution in [2.75, 3.05) is 56.5 Å². The van der Waals surface area contributed by atoms with E-state index in [0.717, 1.165) is 0 Å². The number of carbonyl (C=O) groups excluding carboxylic acids is 2. The van der Waals surface area contributed by atoms with E-state index < -0.39 is 66.3 Å². The number of hydrogen-bond acceptors (Lipinski definition) is 18. The van der Waals surface area contributed by atoms with Crippen molar-refractivity contribution < 1.29 is 55.3 Å². The van der Waals surface area contributed by atoms with Gasteiger partial charge in [-0.3, -0.25) is 32.3 Å². The molecule has 24 nitrogen and oxygen atoms in total. The number of rotatable bonds is 23. The molecule has 0 saturated carbocycles. The highest BCUT2D eigenvalue weighted by atomic mass is 32.2. The van der Waals surface area contributed by atoms with Crippen molar-refractivity contribution in [3.63, 3.8) is 0 Å². The Labute approximate surface area is 415 Å². The topological polar surface area (TPSA) is 270 Å². The van der Waals surface area contributed by atoms with Crippen molar-refractivity contribution in [3.8, 4) is 0 Å². The fraction of sp³-hybridized carbons (Fsp3) is 0.457. The maximum atomic E-state index is 13.9. The number of fused-ring (bicyclic) bond motifs is 2. The first-order valence-corrected chi connectivity index (χ1v) is 26.2. The third-order valence-electron chi connectivity index (χ3n) is 11.2. The van der Waals surface area contributed by atoms with Gasteiger partial charge in [-0.1, -0.05) is 36.4 Å². The zero-order valence-electron chi connectivity index (χ0n) is 40.1. The number of carbonyl (C=O) groups is 2. The molecule has 8 rings (SSSR count). The zero-order valence-corrected chi connectivity index (χ0v) is 41.8. The number of nitrogens with one attached hydrogen (secondary N) is 2. The van der Waals surface area contributed by atoms with Gasteiger partial charge in [-0.2, -0.15) is 0 Å². The SMILES string of the molecule is [C-]#[N+]CCOP(=NS(=O)(=O)CCOC)(OCC1OC(n2cnc3c(NC(=O)c4ccccc4)ncnc32)C[C@H]1OC(C)C)O[C@@H]1CC(n2cnc3c(NC(=O)c4ccccc4)ncnc32)OC1COC(C)C. The quantitative estimate of drug-likeness (QED) is 0.0409. The van der Waals surface area contributed by atoms with Crippen LogP contribution in [0.25, 0.3) is 27.2 Å². The van der Waals surface area contributed by atoms with Crippen molar-refractivity contribution in [1.82, 2.24) is 39.0 Å². The maximum Gasteiger partial charge on any atom is 0.371 e. The molecule has 4 aromatic heterocycles. The van der Waals surface area contributed by atoms with Crippen LogP contribution >= 0.6 is 7.74 Å². The van der Waals surface area contributed by atoms with Gasteiger partial charge in [-0.25, -0.2) is 44.9 Å². The minimum atomic E-state index is -4.41. The monoisotopic (exact) mass is 1030 g/mol. The van der Waals surface area contributed by atoms with Gasteiger partial charge in [0.05, 0.1) is 56.5 Å². The van der Waals surface area contributed by atoms with Gasteiger partial charge in [0.25, 0.3) is 21.8 Å². The highest BCUT2D eigenvalue weighted by Crippen LogP contribution is 2.58. The van der Waals surface area contributed by atoms with E-state index in [0.29, 0.717) is 27.9 Å². The van der Waals surface area contributed by atoms with Gasteiger partial charge in [0.15, 0.2) is 34.0 Å². The van der Waals surface area contributed by atoms with E-state index >= 15 is 0 Å². The van der Waals surface area contributed by atoms with Gasteiger partial charge >= 0.3 is 7.74 Å². The number of aromatic nitrogens is 8. The second-order valence-corrected chi connectivity index (χ2v) is 20.9. The lowest BCUT2D eigenvalue weighted by Gasteiger charge is -2.29. The standard InChI is InChI=1S/C46H55N12O12PS/c1-29(2)64-23-35-34(22-38(68-35)58-28-53-40-42(49-26-51-44(40)58)55-46(60)32-15-11-8-12-16-32)70-71(65-18-17-47-5,56-72(61,62)20-19-63-6)66-24-36-33(67-30(3)4)21-37(69-36)57-27-52-39-41(48-25-50-43(39)57)54-45(59)31-13-9-7-10-14-31/h7-16,25-30,33-38H,17-24H2,1-4,6H3,(H,48,50,54,59)(H,49,51,55,60)/t33-,34-,35?,36?,37?,38?,71?/m1/s1. The predicted octanol–water partition coefficient (Wildman–Crippen LogP) is 6.22. The molecule has 2 amide bonds. The molecule has 0 bridgehead atoms. The van der Waals surface area contributed by atoms with Crippen LogP contribution in [0.2, 0.25) is 0 Å². The Morgan fingerprint density at radius 3 is 1.82 bits per heavy atom. The van der Waals surface area contributed by atoms with Crippen molar-refractivity contribution in [1.29, 1.82) is 0 Å². The Balaban J connectivity index is 1.09. The summed E-state index contributed by atoms with van der Waals surface area (Å²) in [7, 11) is -7.45. The number of benzene rings is 2. The van der Waals surface area contributed by atoms with Crippen molar-refractivity contribution in [3.05, 3.63) is 109 Å². The van der Waals surface area contributed by atoms with Crippen LogP contribution in [0.4, 0.5) is 11.6 Å². The van der Waals surface area contributed by atoms with E-state index in [-0.39, 0.29) is 81.1 Å². The molecule has 2 saturated heterocycles. The number of nitrogens with zero attached hydrogens (tertiary/aromatic N) is 10. The summed E-state index contributed by atoms with van der Waals surface area (Å²) in [6.45, 7) is 13.9. The number of imidazole rings is 2. The summed E-state index contributed by atoms with van der Waals surface area (Å²) in [4.78, 5) is 56.2. The van der Waals surface area contributed by atoms with E-state index in [1.54, 1.807) is 63.7 Å². The molecule has 6 heterocycles. The summed E-state index contributed by atoms with van der Waals surface area (Å²) in [5.74, 6) is -0.943. The molecule has 0 radical (unpaired) electrons. The molecular weight excluding hydrogens is 976 g/mol. The van der Waals surface area contributed by atoms with Crippen LogP contribution in [0, 0.1) is 6.57 Å². The molecule has 2 fully saturated rings. The molecule has 26 heteroatoms. The van der Waals surface area contributed by atoms with E-state index in [1.807, 2.05) is 33.8 Å². The summed E-state index contributed by atoms with van der Waals surface area (Å²) in [5.41, 5.74) is 2.15. The maximum absolute atomic E-state index is 13.9. The zero-order chi connectivity index (χ0) is 50.8. The van der Waals surface area contributed by atoms with Gasteiger partial charge in [-0.15, -0.1) is 4.15 Å². The Kier molecular flexibility index (Phi) is 17.1. The lowest BCUT2D eigenvalue weighted by molar-refractivity contribution is -0.0807. The van der Waals surface area contributed by atoms with Crippen LogP contribution in [0.3, 0.4) is 0 Å². The van der Waals surface area contributed by atoms with Crippen LogP contribution in [0.15, 0.2) is 90.1 Å². The molecule has 2 aromatic carbocycles. The number of hydrogen-bond donors (Lipinski definition) is 2. The summed E-state index contributed by atoms with van der Waals surface area (Å²) in [5, 5.41) is 5.62. The van der Waals surface area contributed by atoms with Gasteiger partial charge in [0.2, 0.25) is 6.54 Å². The fourth-order valence-corrected chi connectivity index (χ4v) is 11.7. The minimum absolute atomic E-state index is 0.00487. The van der Waals surface area contributed by atoms with Gasteiger partial charge in [0, 0.05) is 31.1 Å². The normalized spacial score (nSPS) is 21.0. The summed E-state index contributed by atoms with van der Waals surface area (Å²) < 4.78 is 85.7. The van der Waals surface area contributed by atoms with Gasteiger partial charge in [0.1, 0.15) is 50.0 Å². The third kappa shape index (κ3) is 12.7. The van der Waals surface area contributed by atoms with Crippen LogP contribution < -0.4 is 10.6 Å². The van der Waals surface area contributed by atoms with E-state index in [9.17, 15) is 18.0 Å². The molecule has 382 valence electrons. The molecule has 2 N–H and O–H groups in total.